The second kappa shape index (κ2) is 11.8. The Labute approximate surface area is 197 Å². The highest BCUT2D eigenvalue weighted by Gasteiger charge is 2.21. The molecule has 0 spiro atoms. The van der Waals surface area contributed by atoms with E-state index in [-0.39, 0.29) is 35.8 Å². The number of amides is 2. The van der Waals surface area contributed by atoms with Crippen LogP contribution in [0.1, 0.15) is 33.8 Å². The van der Waals surface area contributed by atoms with E-state index in [4.69, 9.17) is 0 Å². The largest absolute Gasteiger partial charge is 0.355 e. The molecule has 30 heavy (non-hydrogen) atoms. The van der Waals surface area contributed by atoms with Crippen molar-refractivity contribution in [1.82, 2.24) is 20.9 Å². The fourth-order valence-corrected chi connectivity index (χ4v) is 3.80. The molecule has 2 aromatic rings. The van der Waals surface area contributed by atoms with Crippen molar-refractivity contribution in [1.29, 1.82) is 0 Å². The Kier molecular flexibility index (Phi) is 9.50. The van der Waals surface area contributed by atoms with Crippen LogP contribution < -0.4 is 20.9 Å². The van der Waals surface area contributed by atoms with Gasteiger partial charge < -0.3 is 20.9 Å². The van der Waals surface area contributed by atoms with Gasteiger partial charge in [0.15, 0.2) is 5.96 Å². The van der Waals surface area contributed by atoms with Crippen LogP contribution in [0.25, 0.3) is 0 Å². The molecular formula is C20H27IN6O2S. The Morgan fingerprint density at radius 3 is 2.53 bits per heavy atom. The molecule has 0 unspecified atom stereocenters. The Morgan fingerprint density at radius 1 is 1.20 bits per heavy atom. The van der Waals surface area contributed by atoms with Crippen molar-refractivity contribution >= 4 is 58.8 Å². The number of halogens is 1. The minimum absolute atomic E-state index is 0. The van der Waals surface area contributed by atoms with Gasteiger partial charge in [0.2, 0.25) is 5.91 Å². The van der Waals surface area contributed by atoms with Gasteiger partial charge >= 0.3 is 0 Å². The normalized spacial score (nSPS) is 13.7. The summed E-state index contributed by atoms with van der Waals surface area (Å²) in [4.78, 5) is 34.6. The summed E-state index contributed by atoms with van der Waals surface area (Å²) < 4.78 is 0. The lowest BCUT2D eigenvalue weighted by Gasteiger charge is -2.16. The number of anilines is 1. The summed E-state index contributed by atoms with van der Waals surface area (Å²) in [7, 11) is 1.71. The Morgan fingerprint density at radius 2 is 1.93 bits per heavy atom. The first-order chi connectivity index (χ1) is 14.1. The van der Waals surface area contributed by atoms with Crippen molar-refractivity contribution in [2.24, 2.45) is 4.99 Å². The summed E-state index contributed by atoms with van der Waals surface area (Å²) in [5.41, 5.74) is 4.46. The summed E-state index contributed by atoms with van der Waals surface area (Å²) in [5, 5.41) is 9.29. The molecule has 3 N–H and O–H groups in total. The van der Waals surface area contributed by atoms with Gasteiger partial charge in [-0.15, -0.1) is 35.3 Å². The third-order valence-corrected chi connectivity index (χ3v) is 5.59. The smallest absolute Gasteiger partial charge is 0.263 e. The van der Waals surface area contributed by atoms with Crippen molar-refractivity contribution in [3.63, 3.8) is 0 Å². The molecule has 0 atom stereocenters. The number of thiazole rings is 1. The van der Waals surface area contributed by atoms with Crippen molar-refractivity contribution in [3.8, 4) is 0 Å². The molecule has 0 saturated carbocycles. The van der Waals surface area contributed by atoms with Gasteiger partial charge in [0.1, 0.15) is 4.88 Å². The van der Waals surface area contributed by atoms with Crippen LogP contribution in [-0.4, -0.2) is 49.4 Å². The summed E-state index contributed by atoms with van der Waals surface area (Å²) in [5.74, 6) is 0.747. The van der Waals surface area contributed by atoms with Gasteiger partial charge in [-0.2, -0.15) is 0 Å². The third kappa shape index (κ3) is 6.39. The van der Waals surface area contributed by atoms with E-state index in [1.54, 1.807) is 12.6 Å². The maximum absolute atomic E-state index is 12.1. The fourth-order valence-electron chi connectivity index (χ4n) is 3.08. The van der Waals surface area contributed by atoms with Crippen molar-refractivity contribution in [2.75, 3.05) is 31.6 Å². The molecule has 0 bridgehead atoms. The topological polar surface area (TPSA) is 98.7 Å². The first-order valence-electron chi connectivity index (χ1n) is 9.60. The summed E-state index contributed by atoms with van der Waals surface area (Å²) in [6, 6.07) is 7.98. The zero-order chi connectivity index (χ0) is 20.6. The number of guanidine groups is 1. The molecular weight excluding hydrogens is 515 g/mol. The number of benzene rings is 1. The van der Waals surface area contributed by atoms with E-state index < -0.39 is 0 Å². The van der Waals surface area contributed by atoms with E-state index in [1.165, 1.54) is 11.3 Å². The van der Waals surface area contributed by atoms with Gasteiger partial charge in [-0.05, 0) is 31.0 Å². The molecule has 2 amide bonds. The number of hydrogen-bond acceptors (Lipinski definition) is 5. The highest BCUT2D eigenvalue weighted by molar-refractivity contribution is 14.0. The molecule has 1 saturated heterocycles. The van der Waals surface area contributed by atoms with Crippen LogP contribution in [-0.2, 0) is 11.3 Å². The number of hydrogen-bond donors (Lipinski definition) is 3. The van der Waals surface area contributed by atoms with Gasteiger partial charge in [0.25, 0.3) is 5.91 Å². The molecule has 162 valence electrons. The maximum Gasteiger partial charge on any atom is 0.263 e. The van der Waals surface area contributed by atoms with Gasteiger partial charge in [0, 0.05) is 45.3 Å². The van der Waals surface area contributed by atoms with Crippen LogP contribution in [0.4, 0.5) is 5.69 Å². The maximum atomic E-state index is 12.1. The predicted molar refractivity (Wildman–Crippen MR) is 131 cm³/mol. The number of aliphatic imine (C=N–C) groups is 1. The molecule has 1 aliphatic heterocycles. The van der Waals surface area contributed by atoms with Crippen LogP contribution in [0, 0.1) is 6.92 Å². The minimum atomic E-state index is -0.105. The number of carbonyl (C=O) groups excluding carboxylic acids is 2. The standard InChI is InChI=1S/C20H26N6O2S.HI/c1-14-18(29-13-25-14)19(28)22-9-10-23-20(21-2)24-12-15-5-7-16(8-6-15)26-11-3-4-17(26)27;/h5-8,13H,3-4,9-12H2,1-2H3,(H,22,28)(H2,21,23,24);1H. The predicted octanol–water partition coefficient (Wildman–Crippen LogP) is 2.29. The van der Waals surface area contributed by atoms with E-state index in [2.05, 4.69) is 25.9 Å². The van der Waals surface area contributed by atoms with E-state index >= 15 is 0 Å². The molecule has 1 aromatic heterocycles. The molecule has 1 aromatic carbocycles. The van der Waals surface area contributed by atoms with Crippen LogP contribution >= 0.6 is 35.3 Å². The van der Waals surface area contributed by atoms with E-state index in [0.717, 1.165) is 29.9 Å². The lowest BCUT2D eigenvalue weighted by molar-refractivity contribution is -0.117. The minimum Gasteiger partial charge on any atom is -0.355 e. The van der Waals surface area contributed by atoms with Crippen LogP contribution in [0.2, 0.25) is 0 Å². The van der Waals surface area contributed by atoms with Gasteiger partial charge in [-0.3, -0.25) is 14.6 Å². The average molecular weight is 542 g/mol. The summed E-state index contributed by atoms with van der Waals surface area (Å²) in [6.45, 7) is 4.27. The fraction of sp³-hybridized carbons (Fsp3) is 0.400. The highest BCUT2D eigenvalue weighted by atomic mass is 127. The Hall–Kier alpha value is -2.21. The first-order valence-corrected chi connectivity index (χ1v) is 10.5. The molecule has 1 fully saturated rings. The number of carbonyl (C=O) groups is 2. The van der Waals surface area contributed by atoms with Crippen LogP contribution in [0.5, 0.6) is 0 Å². The summed E-state index contributed by atoms with van der Waals surface area (Å²) >= 11 is 1.34. The second-order valence-electron chi connectivity index (χ2n) is 6.69. The molecule has 3 rings (SSSR count). The monoisotopic (exact) mass is 542 g/mol. The molecule has 0 aliphatic carbocycles. The quantitative estimate of drug-likeness (QED) is 0.216. The van der Waals surface area contributed by atoms with Crippen LogP contribution in [0.3, 0.4) is 0 Å². The zero-order valence-electron chi connectivity index (χ0n) is 17.1. The molecule has 2 heterocycles. The van der Waals surface area contributed by atoms with Crippen molar-refractivity contribution < 1.29 is 9.59 Å². The summed E-state index contributed by atoms with van der Waals surface area (Å²) in [6.07, 6.45) is 1.56. The lowest BCUT2D eigenvalue weighted by Crippen LogP contribution is -2.41. The van der Waals surface area contributed by atoms with E-state index in [9.17, 15) is 9.59 Å². The molecule has 8 nitrogen and oxygen atoms in total. The van der Waals surface area contributed by atoms with Gasteiger partial charge in [-0.25, -0.2) is 4.98 Å². The number of aryl methyl sites for hydroxylation is 1. The third-order valence-electron chi connectivity index (χ3n) is 4.66. The van der Waals surface area contributed by atoms with Crippen molar-refractivity contribution in [2.45, 2.75) is 26.3 Å². The van der Waals surface area contributed by atoms with E-state index in [1.807, 2.05) is 36.1 Å². The average Bonchev–Trinajstić information content (AvgIpc) is 3.35. The molecule has 0 radical (unpaired) electrons. The second-order valence-corrected chi connectivity index (χ2v) is 7.55. The molecule has 10 heteroatoms. The van der Waals surface area contributed by atoms with Crippen LogP contribution in [0.15, 0.2) is 34.8 Å². The number of rotatable bonds is 7. The first kappa shape index (κ1) is 24.1. The zero-order valence-corrected chi connectivity index (χ0v) is 20.3. The van der Waals surface area contributed by atoms with Gasteiger partial charge in [-0.1, -0.05) is 12.1 Å². The highest BCUT2D eigenvalue weighted by Crippen LogP contribution is 2.21. The number of nitrogens with zero attached hydrogens (tertiary/aromatic N) is 3. The lowest BCUT2D eigenvalue weighted by atomic mass is 10.2. The Balaban J connectivity index is 0.00000320. The van der Waals surface area contributed by atoms with Gasteiger partial charge in [0.05, 0.1) is 11.2 Å². The number of nitrogens with one attached hydrogen (secondary N) is 3. The van der Waals surface area contributed by atoms with E-state index in [0.29, 0.717) is 36.9 Å². The Bertz CT molecular complexity index is 884. The SMILES string of the molecule is CN=C(NCCNC(=O)c1scnc1C)NCc1ccc(N2CCCC2=O)cc1.I. The molecule has 1 aliphatic rings. The van der Waals surface area contributed by atoms with Crippen molar-refractivity contribution in [3.05, 3.63) is 45.9 Å². The number of aromatic nitrogens is 1.